The number of nitrogens with two attached hydrogens (primary N) is 1. The standard InChI is InChI=1S/C15H19F3N2/c1-9(2)20-11(7-10(3)19)8-12-13(15(16,17)18)5-4-6-14(12)20/h4-6,8-10H,7,19H2,1-3H3. The zero-order valence-corrected chi connectivity index (χ0v) is 11.8. The van der Waals surface area contributed by atoms with E-state index < -0.39 is 11.7 Å². The van der Waals surface area contributed by atoms with Crippen molar-refractivity contribution in [3.05, 3.63) is 35.5 Å². The van der Waals surface area contributed by atoms with Gasteiger partial charge in [0.25, 0.3) is 0 Å². The summed E-state index contributed by atoms with van der Waals surface area (Å²) < 4.78 is 41.2. The summed E-state index contributed by atoms with van der Waals surface area (Å²) >= 11 is 0. The highest BCUT2D eigenvalue weighted by atomic mass is 19.4. The predicted molar refractivity (Wildman–Crippen MR) is 74.7 cm³/mol. The highest BCUT2D eigenvalue weighted by molar-refractivity contribution is 5.85. The van der Waals surface area contributed by atoms with Crippen LogP contribution in [0.1, 0.15) is 38.1 Å². The van der Waals surface area contributed by atoms with Gasteiger partial charge in [0, 0.05) is 35.1 Å². The zero-order chi connectivity index (χ0) is 15.1. The van der Waals surface area contributed by atoms with Gasteiger partial charge in [0.15, 0.2) is 0 Å². The van der Waals surface area contributed by atoms with Gasteiger partial charge in [-0.15, -0.1) is 0 Å². The first kappa shape index (κ1) is 14.9. The monoisotopic (exact) mass is 284 g/mol. The van der Waals surface area contributed by atoms with Gasteiger partial charge in [-0.25, -0.2) is 0 Å². The molecule has 0 aliphatic carbocycles. The summed E-state index contributed by atoms with van der Waals surface area (Å²) in [6, 6.07) is 5.94. The number of aromatic nitrogens is 1. The summed E-state index contributed by atoms with van der Waals surface area (Å²) in [7, 11) is 0. The Labute approximate surface area is 116 Å². The van der Waals surface area contributed by atoms with Gasteiger partial charge in [-0.1, -0.05) is 6.07 Å². The Morgan fingerprint density at radius 1 is 1.20 bits per heavy atom. The summed E-state index contributed by atoms with van der Waals surface area (Å²) in [5.74, 6) is 0. The molecular formula is C15H19F3N2. The van der Waals surface area contributed by atoms with Crippen LogP contribution in [0.25, 0.3) is 10.9 Å². The molecule has 20 heavy (non-hydrogen) atoms. The fourth-order valence-electron chi connectivity index (χ4n) is 2.65. The molecule has 2 N–H and O–H groups in total. The molecule has 0 saturated heterocycles. The third-order valence-corrected chi connectivity index (χ3v) is 3.32. The number of fused-ring (bicyclic) bond motifs is 1. The molecule has 0 radical (unpaired) electrons. The Balaban J connectivity index is 2.73. The number of halogens is 3. The maximum Gasteiger partial charge on any atom is 0.417 e. The van der Waals surface area contributed by atoms with Crippen molar-refractivity contribution < 1.29 is 13.2 Å². The van der Waals surface area contributed by atoms with Crippen molar-refractivity contribution in [2.24, 2.45) is 5.73 Å². The average molecular weight is 284 g/mol. The third kappa shape index (κ3) is 2.68. The lowest BCUT2D eigenvalue weighted by Crippen LogP contribution is -2.20. The first-order valence-corrected chi connectivity index (χ1v) is 6.67. The largest absolute Gasteiger partial charge is 0.417 e. The highest BCUT2D eigenvalue weighted by Crippen LogP contribution is 2.37. The molecule has 1 unspecified atom stereocenters. The van der Waals surface area contributed by atoms with Crippen LogP contribution in [-0.4, -0.2) is 10.6 Å². The second kappa shape index (κ2) is 5.13. The second-order valence-electron chi connectivity index (χ2n) is 5.52. The predicted octanol–water partition coefficient (Wildman–Crippen LogP) is 4.13. The summed E-state index contributed by atoms with van der Waals surface area (Å²) in [5.41, 5.74) is 6.69. The van der Waals surface area contributed by atoms with Crippen molar-refractivity contribution in [2.45, 2.75) is 45.5 Å². The first-order valence-electron chi connectivity index (χ1n) is 6.67. The molecule has 1 aromatic heterocycles. The number of alkyl halides is 3. The van der Waals surface area contributed by atoms with E-state index in [0.717, 1.165) is 11.8 Å². The maximum atomic E-state index is 13.1. The zero-order valence-electron chi connectivity index (χ0n) is 11.8. The molecule has 0 spiro atoms. The molecule has 2 aromatic rings. The Hall–Kier alpha value is -1.49. The Morgan fingerprint density at radius 3 is 2.35 bits per heavy atom. The number of benzene rings is 1. The molecule has 5 heteroatoms. The van der Waals surface area contributed by atoms with Crippen LogP contribution >= 0.6 is 0 Å². The minimum Gasteiger partial charge on any atom is -0.342 e. The van der Waals surface area contributed by atoms with Gasteiger partial charge >= 0.3 is 6.18 Å². The lowest BCUT2D eigenvalue weighted by atomic mass is 10.1. The van der Waals surface area contributed by atoms with Gasteiger partial charge in [-0.3, -0.25) is 0 Å². The molecule has 110 valence electrons. The SMILES string of the molecule is CC(N)Cc1cc2c(C(F)(F)F)cccc2n1C(C)C. The molecule has 0 bridgehead atoms. The number of hydrogen-bond acceptors (Lipinski definition) is 1. The van der Waals surface area contributed by atoms with Crippen molar-refractivity contribution in [3.63, 3.8) is 0 Å². The van der Waals surface area contributed by atoms with Crippen LogP contribution in [0.4, 0.5) is 13.2 Å². The number of hydrogen-bond donors (Lipinski definition) is 1. The molecule has 0 aliphatic rings. The normalized spacial score (nSPS) is 14.2. The summed E-state index contributed by atoms with van der Waals surface area (Å²) in [6.45, 7) is 5.78. The van der Waals surface area contributed by atoms with Gasteiger partial charge in [0.1, 0.15) is 0 Å². The molecule has 0 amide bonds. The molecule has 1 atom stereocenters. The van der Waals surface area contributed by atoms with Crippen LogP contribution in [0.15, 0.2) is 24.3 Å². The van der Waals surface area contributed by atoms with Gasteiger partial charge in [-0.05, 0) is 39.0 Å². The van der Waals surface area contributed by atoms with E-state index in [1.165, 1.54) is 6.07 Å². The first-order chi connectivity index (χ1) is 9.21. The molecule has 0 fully saturated rings. The van der Waals surface area contributed by atoms with Crippen LogP contribution in [0.5, 0.6) is 0 Å². The van der Waals surface area contributed by atoms with Gasteiger partial charge in [-0.2, -0.15) is 13.2 Å². The van der Waals surface area contributed by atoms with E-state index in [0.29, 0.717) is 11.9 Å². The minimum atomic E-state index is -4.34. The summed E-state index contributed by atoms with van der Waals surface area (Å²) in [5, 5.41) is 0.254. The maximum absolute atomic E-state index is 13.1. The highest BCUT2D eigenvalue weighted by Gasteiger charge is 2.33. The van der Waals surface area contributed by atoms with Crippen LogP contribution in [-0.2, 0) is 12.6 Å². The average Bonchev–Trinajstić information content (AvgIpc) is 2.63. The van der Waals surface area contributed by atoms with Crippen LogP contribution in [0, 0.1) is 0 Å². The van der Waals surface area contributed by atoms with E-state index in [1.54, 1.807) is 12.1 Å². The van der Waals surface area contributed by atoms with E-state index in [4.69, 9.17) is 5.73 Å². The van der Waals surface area contributed by atoms with Crippen molar-refractivity contribution >= 4 is 10.9 Å². The van der Waals surface area contributed by atoms with Crippen molar-refractivity contribution in [3.8, 4) is 0 Å². The Bertz CT molecular complexity index is 609. The topological polar surface area (TPSA) is 30.9 Å². The summed E-state index contributed by atoms with van der Waals surface area (Å²) in [4.78, 5) is 0. The molecule has 0 saturated carbocycles. The van der Waals surface area contributed by atoms with Gasteiger partial charge in [0.05, 0.1) is 5.56 Å². The summed E-state index contributed by atoms with van der Waals surface area (Å²) in [6.07, 6.45) is -3.78. The lowest BCUT2D eigenvalue weighted by Gasteiger charge is -2.16. The molecule has 2 nitrogen and oxygen atoms in total. The smallest absolute Gasteiger partial charge is 0.342 e. The van der Waals surface area contributed by atoms with E-state index in [2.05, 4.69) is 0 Å². The molecular weight excluding hydrogens is 265 g/mol. The molecule has 2 rings (SSSR count). The Morgan fingerprint density at radius 2 is 1.85 bits per heavy atom. The fraction of sp³-hybridized carbons (Fsp3) is 0.467. The van der Waals surface area contributed by atoms with Crippen molar-refractivity contribution in [1.29, 1.82) is 0 Å². The number of rotatable bonds is 3. The number of nitrogens with zero attached hydrogens (tertiary/aromatic N) is 1. The third-order valence-electron chi connectivity index (χ3n) is 3.32. The van der Waals surface area contributed by atoms with Crippen molar-refractivity contribution in [1.82, 2.24) is 4.57 Å². The van der Waals surface area contributed by atoms with Crippen LogP contribution in [0.2, 0.25) is 0 Å². The fourth-order valence-corrected chi connectivity index (χ4v) is 2.65. The van der Waals surface area contributed by atoms with Crippen LogP contribution < -0.4 is 5.73 Å². The van der Waals surface area contributed by atoms with E-state index in [9.17, 15) is 13.2 Å². The molecule has 0 aliphatic heterocycles. The Kier molecular flexibility index (Phi) is 3.82. The van der Waals surface area contributed by atoms with Crippen LogP contribution in [0.3, 0.4) is 0 Å². The lowest BCUT2D eigenvalue weighted by molar-refractivity contribution is -0.136. The minimum absolute atomic E-state index is 0.0877. The second-order valence-corrected chi connectivity index (χ2v) is 5.52. The quantitative estimate of drug-likeness (QED) is 0.902. The molecule has 1 heterocycles. The van der Waals surface area contributed by atoms with E-state index in [1.807, 2.05) is 25.3 Å². The van der Waals surface area contributed by atoms with Gasteiger partial charge < -0.3 is 10.3 Å². The van der Waals surface area contributed by atoms with E-state index >= 15 is 0 Å². The van der Waals surface area contributed by atoms with E-state index in [-0.39, 0.29) is 17.5 Å². The molecule has 1 aromatic carbocycles. The van der Waals surface area contributed by atoms with Gasteiger partial charge in [0.2, 0.25) is 0 Å². The van der Waals surface area contributed by atoms with Crippen molar-refractivity contribution in [2.75, 3.05) is 0 Å².